The zero-order chi connectivity index (χ0) is 10.8. The minimum Gasteiger partial charge on any atom is -0.240 e. The number of hydrogen-bond donors (Lipinski definition) is 1. The zero-order valence-electron chi connectivity index (χ0n) is 9.51. The number of nitrogens with zero attached hydrogens (tertiary/aromatic N) is 1. The SMILES string of the molecule is CCCS(=N)(=O)N1CCCC(C)(C)C1. The monoisotopic (exact) mass is 218 g/mol. The van der Waals surface area contributed by atoms with Gasteiger partial charge in [0.2, 0.25) is 0 Å². The Morgan fingerprint density at radius 2 is 2.14 bits per heavy atom. The molecule has 0 radical (unpaired) electrons. The lowest BCUT2D eigenvalue weighted by atomic mass is 9.85. The van der Waals surface area contributed by atoms with Crippen molar-refractivity contribution < 1.29 is 4.21 Å². The molecule has 0 aromatic heterocycles. The predicted molar refractivity (Wildman–Crippen MR) is 60.6 cm³/mol. The molecule has 1 saturated heterocycles. The Hall–Kier alpha value is -0.0900. The minimum atomic E-state index is -2.47. The van der Waals surface area contributed by atoms with Gasteiger partial charge in [0, 0.05) is 18.8 Å². The maximum atomic E-state index is 12.0. The summed E-state index contributed by atoms with van der Waals surface area (Å²) in [5.41, 5.74) is 0.232. The Kier molecular flexibility index (Phi) is 3.58. The normalized spacial score (nSPS) is 27.1. The van der Waals surface area contributed by atoms with Crippen LogP contribution in [0, 0.1) is 10.2 Å². The molecular formula is C10H22N2OS. The maximum absolute atomic E-state index is 12.0. The molecule has 1 heterocycles. The summed E-state index contributed by atoms with van der Waals surface area (Å²) in [5, 5.41) is 0. The van der Waals surface area contributed by atoms with Crippen molar-refractivity contribution in [2.24, 2.45) is 5.41 Å². The quantitative estimate of drug-likeness (QED) is 0.777. The van der Waals surface area contributed by atoms with E-state index in [1.807, 2.05) is 11.2 Å². The van der Waals surface area contributed by atoms with E-state index >= 15 is 0 Å². The van der Waals surface area contributed by atoms with E-state index < -0.39 is 9.92 Å². The molecule has 1 rings (SSSR count). The van der Waals surface area contributed by atoms with Crippen LogP contribution < -0.4 is 0 Å². The average molecular weight is 218 g/mol. The van der Waals surface area contributed by atoms with E-state index in [1.165, 1.54) is 6.42 Å². The standard InChI is InChI=1S/C10H22N2OS/c1-4-8-14(11,13)12-7-5-6-10(2,3)9-12/h11H,4-9H2,1-3H3. The molecule has 1 N–H and O–H groups in total. The summed E-state index contributed by atoms with van der Waals surface area (Å²) < 4.78 is 21.8. The Labute approximate surface area is 88.0 Å². The van der Waals surface area contributed by atoms with Gasteiger partial charge < -0.3 is 0 Å². The fraction of sp³-hybridized carbons (Fsp3) is 1.00. The molecule has 0 aliphatic carbocycles. The van der Waals surface area contributed by atoms with Crippen molar-refractivity contribution in [2.45, 2.75) is 40.0 Å². The van der Waals surface area contributed by atoms with E-state index in [4.69, 9.17) is 4.78 Å². The van der Waals surface area contributed by atoms with Crippen LogP contribution in [0.4, 0.5) is 0 Å². The number of piperidine rings is 1. The third-order valence-corrected chi connectivity index (χ3v) is 4.87. The molecule has 0 aromatic rings. The Bertz CT molecular complexity index is 282. The second-order valence-corrected chi connectivity index (χ2v) is 7.18. The number of hydrogen-bond acceptors (Lipinski definition) is 2. The maximum Gasteiger partial charge on any atom is 0.107 e. The van der Waals surface area contributed by atoms with Crippen LogP contribution in [0.5, 0.6) is 0 Å². The summed E-state index contributed by atoms with van der Waals surface area (Å²) in [7, 11) is -2.47. The van der Waals surface area contributed by atoms with Crippen LogP contribution in [-0.2, 0) is 9.92 Å². The number of rotatable bonds is 3. The van der Waals surface area contributed by atoms with Crippen LogP contribution in [0.15, 0.2) is 0 Å². The average Bonchev–Trinajstić information content (AvgIpc) is 2.02. The molecule has 84 valence electrons. The molecule has 0 spiro atoms. The Morgan fingerprint density at radius 1 is 1.50 bits per heavy atom. The summed E-state index contributed by atoms with van der Waals surface area (Å²) in [4.78, 5) is 0. The van der Waals surface area contributed by atoms with Crippen LogP contribution >= 0.6 is 0 Å². The summed E-state index contributed by atoms with van der Waals surface area (Å²) in [6.07, 6.45) is 3.09. The van der Waals surface area contributed by atoms with Crippen molar-refractivity contribution in [2.75, 3.05) is 18.8 Å². The predicted octanol–water partition coefficient (Wildman–Crippen LogP) is 2.48. The Balaban J connectivity index is 2.69. The van der Waals surface area contributed by atoms with E-state index in [2.05, 4.69) is 13.8 Å². The van der Waals surface area contributed by atoms with Gasteiger partial charge in [-0.25, -0.2) is 13.3 Å². The summed E-state index contributed by atoms with van der Waals surface area (Å²) in [5.74, 6) is 0.517. The zero-order valence-corrected chi connectivity index (χ0v) is 10.3. The molecule has 1 fully saturated rings. The van der Waals surface area contributed by atoms with Gasteiger partial charge in [-0.1, -0.05) is 20.8 Å². The van der Waals surface area contributed by atoms with Crippen molar-refractivity contribution in [1.29, 1.82) is 4.78 Å². The molecule has 0 saturated carbocycles. The molecule has 1 aliphatic rings. The van der Waals surface area contributed by atoms with Crippen LogP contribution in [0.3, 0.4) is 0 Å². The van der Waals surface area contributed by atoms with Gasteiger partial charge in [-0.3, -0.25) is 0 Å². The molecule has 0 bridgehead atoms. The largest absolute Gasteiger partial charge is 0.240 e. The first-order valence-corrected chi connectivity index (χ1v) is 7.07. The fourth-order valence-corrected chi connectivity index (χ4v) is 3.82. The van der Waals surface area contributed by atoms with Gasteiger partial charge in [0.1, 0.15) is 9.92 Å². The highest BCUT2D eigenvalue weighted by atomic mass is 32.2. The van der Waals surface area contributed by atoms with Crippen LogP contribution in [-0.4, -0.2) is 27.4 Å². The highest BCUT2D eigenvalue weighted by Gasteiger charge is 2.30. The lowest BCUT2D eigenvalue weighted by Gasteiger charge is -2.38. The molecule has 0 aromatic carbocycles. The smallest absolute Gasteiger partial charge is 0.107 e. The van der Waals surface area contributed by atoms with E-state index in [-0.39, 0.29) is 5.41 Å². The summed E-state index contributed by atoms with van der Waals surface area (Å²) in [6.45, 7) is 8.03. The van der Waals surface area contributed by atoms with E-state index in [1.54, 1.807) is 0 Å². The van der Waals surface area contributed by atoms with Crippen molar-refractivity contribution >= 4 is 9.92 Å². The summed E-state index contributed by atoms with van der Waals surface area (Å²) >= 11 is 0. The van der Waals surface area contributed by atoms with Gasteiger partial charge in [-0.15, -0.1) is 0 Å². The molecule has 14 heavy (non-hydrogen) atoms. The topological polar surface area (TPSA) is 44.2 Å². The highest BCUT2D eigenvalue weighted by Crippen LogP contribution is 2.30. The van der Waals surface area contributed by atoms with Crippen molar-refractivity contribution in [3.63, 3.8) is 0 Å². The molecule has 0 amide bonds. The molecule has 1 atom stereocenters. The fourth-order valence-electron chi connectivity index (χ4n) is 2.03. The highest BCUT2D eigenvalue weighted by molar-refractivity contribution is 7.90. The van der Waals surface area contributed by atoms with Gasteiger partial charge in [0.25, 0.3) is 0 Å². The number of nitrogens with one attached hydrogen (secondary N) is 1. The first-order chi connectivity index (χ1) is 6.37. The molecule has 1 unspecified atom stereocenters. The molecular weight excluding hydrogens is 196 g/mol. The van der Waals surface area contributed by atoms with Gasteiger partial charge in [0.15, 0.2) is 0 Å². The summed E-state index contributed by atoms with van der Waals surface area (Å²) in [6, 6.07) is 0. The third-order valence-electron chi connectivity index (χ3n) is 2.76. The van der Waals surface area contributed by atoms with Crippen molar-refractivity contribution in [1.82, 2.24) is 4.31 Å². The van der Waals surface area contributed by atoms with E-state index in [0.29, 0.717) is 5.75 Å². The van der Waals surface area contributed by atoms with Crippen molar-refractivity contribution in [3.8, 4) is 0 Å². The van der Waals surface area contributed by atoms with E-state index in [0.717, 1.165) is 25.9 Å². The molecule has 4 heteroatoms. The molecule has 3 nitrogen and oxygen atoms in total. The lowest BCUT2D eigenvalue weighted by Crippen LogP contribution is -2.43. The van der Waals surface area contributed by atoms with Crippen LogP contribution in [0.1, 0.15) is 40.0 Å². The van der Waals surface area contributed by atoms with Crippen LogP contribution in [0.2, 0.25) is 0 Å². The second-order valence-electron chi connectivity index (χ2n) is 4.98. The van der Waals surface area contributed by atoms with Gasteiger partial charge in [-0.05, 0) is 24.7 Å². The lowest BCUT2D eigenvalue weighted by molar-refractivity contribution is 0.191. The van der Waals surface area contributed by atoms with Crippen molar-refractivity contribution in [3.05, 3.63) is 0 Å². The van der Waals surface area contributed by atoms with Gasteiger partial charge in [-0.2, -0.15) is 0 Å². The van der Waals surface area contributed by atoms with E-state index in [9.17, 15) is 4.21 Å². The van der Waals surface area contributed by atoms with Crippen LogP contribution in [0.25, 0.3) is 0 Å². The first-order valence-electron chi connectivity index (χ1n) is 5.39. The third kappa shape index (κ3) is 2.95. The van der Waals surface area contributed by atoms with Gasteiger partial charge in [0.05, 0.1) is 0 Å². The Morgan fingerprint density at radius 3 is 2.64 bits per heavy atom. The minimum absolute atomic E-state index is 0.232. The second kappa shape index (κ2) is 4.19. The first kappa shape index (κ1) is 12.0. The molecule has 1 aliphatic heterocycles. The van der Waals surface area contributed by atoms with Gasteiger partial charge >= 0.3 is 0 Å².